The van der Waals surface area contributed by atoms with Crippen LogP contribution in [0.3, 0.4) is 0 Å². The molecule has 1 aliphatic heterocycles. The molecule has 6 heteroatoms. The summed E-state index contributed by atoms with van der Waals surface area (Å²) in [6, 6.07) is 22.3. The third-order valence-electron chi connectivity index (χ3n) is 5.39. The SMILES string of the molecule is O=C(CN1CCN(c2ncccn2)CC1)N[C@H](Cc1ccccc1)c1ccccc1. The highest BCUT2D eigenvalue weighted by Crippen LogP contribution is 2.18. The molecule has 0 bridgehead atoms. The average Bonchev–Trinajstić information content (AvgIpc) is 2.81. The largest absolute Gasteiger partial charge is 0.348 e. The minimum atomic E-state index is -0.0416. The Morgan fingerprint density at radius 1 is 0.867 bits per heavy atom. The maximum Gasteiger partial charge on any atom is 0.234 e. The fourth-order valence-electron chi connectivity index (χ4n) is 3.79. The second-order valence-electron chi connectivity index (χ2n) is 7.53. The minimum absolute atomic E-state index is 0.0416. The fraction of sp³-hybridized carbons (Fsp3) is 0.292. The summed E-state index contributed by atoms with van der Waals surface area (Å²) < 4.78 is 0. The van der Waals surface area contributed by atoms with E-state index in [4.69, 9.17) is 0 Å². The van der Waals surface area contributed by atoms with Gasteiger partial charge in [0.05, 0.1) is 12.6 Å². The van der Waals surface area contributed by atoms with Gasteiger partial charge in [0, 0.05) is 38.6 Å². The molecule has 154 valence electrons. The number of benzene rings is 2. The number of aromatic nitrogens is 2. The van der Waals surface area contributed by atoms with Crippen LogP contribution in [0.25, 0.3) is 0 Å². The number of carbonyl (C=O) groups is 1. The molecule has 2 heterocycles. The van der Waals surface area contributed by atoms with E-state index >= 15 is 0 Å². The zero-order valence-electron chi connectivity index (χ0n) is 17.0. The first-order chi connectivity index (χ1) is 14.8. The number of piperazine rings is 1. The van der Waals surface area contributed by atoms with E-state index in [1.807, 2.05) is 42.5 Å². The molecule has 4 rings (SSSR count). The minimum Gasteiger partial charge on any atom is -0.348 e. The van der Waals surface area contributed by atoms with Gasteiger partial charge in [0.15, 0.2) is 0 Å². The van der Waals surface area contributed by atoms with Crippen LogP contribution >= 0.6 is 0 Å². The van der Waals surface area contributed by atoms with Crippen molar-refractivity contribution in [1.29, 1.82) is 0 Å². The molecule has 1 amide bonds. The van der Waals surface area contributed by atoms with E-state index in [-0.39, 0.29) is 11.9 Å². The summed E-state index contributed by atoms with van der Waals surface area (Å²) in [6.45, 7) is 3.69. The zero-order valence-corrected chi connectivity index (χ0v) is 17.0. The third kappa shape index (κ3) is 5.42. The number of hydrogen-bond acceptors (Lipinski definition) is 5. The lowest BCUT2D eigenvalue weighted by Crippen LogP contribution is -2.50. The molecule has 0 spiro atoms. The van der Waals surface area contributed by atoms with Crippen molar-refractivity contribution in [3.63, 3.8) is 0 Å². The van der Waals surface area contributed by atoms with Gasteiger partial charge in [0.25, 0.3) is 0 Å². The van der Waals surface area contributed by atoms with E-state index in [2.05, 4.69) is 49.4 Å². The summed E-state index contributed by atoms with van der Waals surface area (Å²) in [5.41, 5.74) is 2.34. The van der Waals surface area contributed by atoms with Gasteiger partial charge in [-0.3, -0.25) is 9.69 Å². The summed E-state index contributed by atoms with van der Waals surface area (Å²) >= 11 is 0. The van der Waals surface area contributed by atoms with Gasteiger partial charge in [-0.2, -0.15) is 0 Å². The Hall–Kier alpha value is -3.25. The summed E-state index contributed by atoms with van der Waals surface area (Å²) in [4.78, 5) is 25.8. The van der Waals surface area contributed by atoms with Crippen molar-refractivity contribution in [3.8, 4) is 0 Å². The molecular weight excluding hydrogens is 374 g/mol. The summed E-state index contributed by atoms with van der Waals surface area (Å²) in [6.07, 6.45) is 4.30. The van der Waals surface area contributed by atoms with Gasteiger partial charge in [0.2, 0.25) is 11.9 Å². The predicted octanol–water partition coefficient (Wildman–Crippen LogP) is 2.70. The van der Waals surface area contributed by atoms with Crippen LogP contribution in [0.4, 0.5) is 5.95 Å². The van der Waals surface area contributed by atoms with Crippen molar-refractivity contribution >= 4 is 11.9 Å². The number of amides is 1. The number of nitrogens with one attached hydrogen (secondary N) is 1. The van der Waals surface area contributed by atoms with Crippen molar-refractivity contribution in [2.75, 3.05) is 37.6 Å². The van der Waals surface area contributed by atoms with Crippen molar-refractivity contribution in [1.82, 2.24) is 20.2 Å². The monoisotopic (exact) mass is 401 g/mol. The van der Waals surface area contributed by atoms with Crippen LogP contribution in [0.2, 0.25) is 0 Å². The molecule has 2 aromatic carbocycles. The number of anilines is 1. The smallest absolute Gasteiger partial charge is 0.234 e. The molecular formula is C24H27N5O. The van der Waals surface area contributed by atoms with Crippen molar-refractivity contribution in [2.24, 2.45) is 0 Å². The maximum absolute atomic E-state index is 12.8. The quantitative estimate of drug-likeness (QED) is 0.660. The first-order valence-corrected chi connectivity index (χ1v) is 10.4. The van der Waals surface area contributed by atoms with Crippen LogP contribution in [-0.2, 0) is 11.2 Å². The molecule has 1 aliphatic rings. The molecule has 6 nitrogen and oxygen atoms in total. The van der Waals surface area contributed by atoms with Crippen LogP contribution < -0.4 is 10.2 Å². The molecule has 0 unspecified atom stereocenters. The lowest BCUT2D eigenvalue weighted by Gasteiger charge is -2.34. The van der Waals surface area contributed by atoms with Crippen LogP contribution in [0.15, 0.2) is 79.1 Å². The Balaban J connectivity index is 1.34. The van der Waals surface area contributed by atoms with Gasteiger partial charge in [-0.1, -0.05) is 60.7 Å². The molecule has 0 saturated carbocycles. The molecule has 1 saturated heterocycles. The Morgan fingerprint density at radius 2 is 1.50 bits per heavy atom. The second kappa shape index (κ2) is 9.98. The van der Waals surface area contributed by atoms with E-state index in [9.17, 15) is 4.79 Å². The molecule has 3 aromatic rings. The first kappa shape index (κ1) is 20.0. The molecule has 0 radical (unpaired) electrons. The van der Waals surface area contributed by atoms with E-state index in [0.29, 0.717) is 6.54 Å². The van der Waals surface area contributed by atoms with Gasteiger partial charge >= 0.3 is 0 Å². The highest BCUT2D eigenvalue weighted by Gasteiger charge is 2.22. The Kier molecular flexibility index (Phi) is 6.67. The predicted molar refractivity (Wildman–Crippen MR) is 118 cm³/mol. The number of rotatable bonds is 7. The summed E-state index contributed by atoms with van der Waals surface area (Å²) in [5.74, 6) is 0.817. The third-order valence-corrected chi connectivity index (χ3v) is 5.39. The van der Waals surface area contributed by atoms with Crippen LogP contribution in [0.5, 0.6) is 0 Å². The van der Waals surface area contributed by atoms with E-state index in [1.165, 1.54) is 5.56 Å². The normalized spacial score (nSPS) is 15.5. The van der Waals surface area contributed by atoms with Crippen molar-refractivity contribution in [3.05, 3.63) is 90.3 Å². The Labute approximate surface area is 177 Å². The van der Waals surface area contributed by atoms with Gasteiger partial charge < -0.3 is 10.2 Å². The van der Waals surface area contributed by atoms with E-state index in [0.717, 1.165) is 44.1 Å². The number of hydrogen-bond donors (Lipinski definition) is 1. The van der Waals surface area contributed by atoms with E-state index < -0.39 is 0 Å². The highest BCUT2D eigenvalue weighted by atomic mass is 16.2. The zero-order chi connectivity index (χ0) is 20.6. The van der Waals surface area contributed by atoms with Gasteiger partial charge in [0.1, 0.15) is 0 Å². The maximum atomic E-state index is 12.8. The van der Waals surface area contributed by atoms with Gasteiger partial charge in [-0.25, -0.2) is 9.97 Å². The van der Waals surface area contributed by atoms with Crippen molar-refractivity contribution < 1.29 is 4.79 Å². The number of carbonyl (C=O) groups excluding carboxylic acids is 1. The summed E-state index contributed by atoms with van der Waals surface area (Å²) in [7, 11) is 0. The molecule has 1 N–H and O–H groups in total. The first-order valence-electron chi connectivity index (χ1n) is 10.4. The lowest BCUT2D eigenvalue weighted by atomic mass is 9.99. The highest BCUT2D eigenvalue weighted by molar-refractivity contribution is 5.78. The van der Waals surface area contributed by atoms with Gasteiger partial charge in [-0.15, -0.1) is 0 Å². The van der Waals surface area contributed by atoms with Crippen LogP contribution in [0.1, 0.15) is 17.2 Å². The molecule has 1 aromatic heterocycles. The molecule has 30 heavy (non-hydrogen) atoms. The van der Waals surface area contributed by atoms with Crippen LogP contribution in [-0.4, -0.2) is 53.5 Å². The summed E-state index contributed by atoms with van der Waals surface area (Å²) in [5, 5.41) is 3.25. The van der Waals surface area contributed by atoms with Crippen LogP contribution in [0, 0.1) is 0 Å². The second-order valence-corrected chi connectivity index (χ2v) is 7.53. The van der Waals surface area contributed by atoms with Crippen molar-refractivity contribution in [2.45, 2.75) is 12.5 Å². The molecule has 1 fully saturated rings. The topological polar surface area (TPSA) is 61.4 Å². The average molecular weight is 402 g/mol. The molecule has 0 aliphatic carbocycles. The Morgan fingerprint density at radius 3 is 2.17 bits per heavy atom. The Bertz CT molecular complexity index is 912. The fourth-order valence-corrected chi connectivity index (χ4v) is 3.79. The molecule has 1 atom stereocenters. The van der Waals surface area contributed by atoms with Gasteiger partial charge in [-0.05, 0) is 23.6 Å². The van der Waals surface area contributed by atoms with E-state index in [1.54, 1.807) is 12.4 Å². The number of nitrogens with zero attached hydrogens (tertiary/aromatic N) is 4. The lowest BCUT2D eigenvalue weighted by molar-refractivity contribution is -0.123. The standard InChI is InChI=1S/C24H27N5O/c30-23(19-28-14-16-29(17-15-28)24-25-12-7-13-26-24)27-22(21-10-5-2-6-11-21)18-20-8-3-1-4-9-20/h1-13,22H,14-19H2,(H,27,30)/t22-/m1/s1.